The zero-order chi connectivity index (χ0) is 17.0. The van der Waals surface area contributed by atoms with Crippen LogP contribution in [-0.4, -0.2) is 44.2 Å². The molecule has 2 atom stereocenters. The van der Waals surface area contributed by atoms with Gasteiger partial charge < -0.3 is 14.2 Å². The van der Waals surface area contributed by atoms with Crippen LogP contribution in [0.2, 0.25) is 0 Å². The van der Waals surface area contributed by atoms with Crippen molar-refractivity contribution in [2.45, 2.75) is 83.5 Å². The monoisotopic (exact) mass is 346 g/mol. The van der Waals surface area contributed by atoms with Crippen molar-refractivity contribution in [3.8, 4) is 0 Å². The van der Waals surface area contributed by atoms with Crippen molar-refractivity contribution in [1.82, 2.24) is 0 Å². The molecule has 0 aromatic heterocycles. The Kier molecular flexibility index (Phi) is 11.6. The van der Waals surface area contributed by atoms with E-state index < -0.39 is 5.79 Å². The van der Waals surface area contributed by atoms with Crippen LogP contribution in [-0.2, 0) is 14.2 Å². The Morgan fingerprint density at radius 1 is 1.04 bits per heavy atom. The summed E-state index contributed by atoms with van der Waals surface area (Å²) in [5.74, 6) is 2.43. The molecule has 2 unspecified atom stereocenters. The number of methoxy groups -OCH3 is 2. The van der Waals surface area contributed by atoms with Crippen LogP contribution in [0.4, 0.5) is 0 Å². The number of ether oxygens (including phenoxy) is 3. The summed E-state index contributed by atoms with van der Waals surface area (Å²) < 4.78 is 16.7. The van der Waals surface area contributed by atoms with Crippen molar-refractivity contribution in [1.29, 1.82) is 0 Å². The molecule has 138 valence electrons. The predicted octanol–water partition coefficient (Wildman–Crippen LogP) is 5.27. The predicted molar refractivity (Wildman–Crippen MR) is 100 cm³/mol. The minimum atomic E-state index is -0.437. The SMILES string of the molecule is CCCCCCCCC(CCCSCC1CO1)C(C)(OC)OC. The first-order chi connectivity index (χ1) is 11.2. The van der Waals surface area contributed by atoms with Crippen LogP contribution in [0, 0.1) is 5.92 Å². The number of hydrogen-bond donors (Lipinski definition) is 0. The Morgan fingerprint density at radius 3 is 2.26 bits per heavy atom. The van der Waals surface area contributed by atoms with E-state index >= 15 is 0 Å². The van der Waals surface area contributed by atoms with Crippen LogP contribution in [0.5, 0.6) is 0 Å². The summed E-state index contributed by atoms with van der Waals surface area (Å²) in [7, 11) is 3.55. The summed E-state index contributed by atoms with van der Waals surface area (Å²) >= 11 is 2.02. The normalized spacial score (nSPS) is 19.0. The fraction of sp³-hybridized carbons (Fsp3) is 1.00. The smallest absolute Gasteiger partial charge is 0.167 e. The maximum absolute atomic E-state index is 5.70. The summed E-state index contributed by atoms with van der Waals surface area (Å²) in [5.41, 5.74) is 0. The van der Waals surface area contributed by atoms with Crippen LogP contribution < -0.4 is 0 Å². The first kappa shape index (κ1) is 21.3. The van der Waals surface area contributed by atoms with E-state index in [2.05, 4.69) is 13.8 Å². The summed E-state index contributed by atoms with van der Waals surface area (Å²) in [4.78, 5) is 0. The van der Waals surface area contributed by atoms with Gasteiger partial charge in [-0.1, -0.05) is 45.4 Å². The number of thioether (sulfide) groups is 1. The Hall–Kier alpha value is 0.230. The van der Waals surface area contributed by atoms with Crippen molar-refractivity contribution in [3.05, 3.63) is 0 Å². The highest BCUT2D eigenvalue weighted by Gasteiger charge is 2.33. The molecule has 0 aliphatic carbocycles. The Bertz CT molecular complexity index is 278. The van der Waals surface area contributed by atoms with Gasteiger partial charge >= 0.3 is 0 Å². The Morgan fingerprint density at radius 2 is 1.65 bits per heavy atom. The molecule has 0 aromatic carbocycles. The van der Waals surface area contributed by atoms with Crippen molar-refractivity contribution in [2.75, 3.05) is 32.3 Å². The second kappa shape index (κ2) is 12.6. The molecule has 0 bridgehead atoms. The first-order valence-corrected chi connectivity index (χ1v) is 10.6. The number of unbranched alkanes of at least 4 members (excludes halogenated alkanes) is 5. The zero-order valence-corrected chi connectivity index (χ0v) is 16.6. The highest BCUT2D eigenvalue weighted by molar-refractivity contribution is 7.99. The molecule has 4 heteroatoms. The molecule has 0 saturated carbocycles. The van der Waals surface area contributed by atoms with E-state index in [1.165, 1.54) is 63.5 Å². The van der Waals surface area contributed by atoms with Gasteiger partial charge in [-0.15, -0.1) is 0 Å². The number of hydrogen-bond acceptors (Lipinski definition) is 4. The minimum Gasteiger partial charge on any atom is -0.372 e. The molecular formula is C19H38O3S. The van der Waals surface area contributed by atoms with Crippen molar-refractivity contribution >= 4 is 11.8 Å². The molecule has 0 N–H and O–H groups in total. The van der Waals surface area contributed by atoms with Gasteiger partial charge in [-0.25, -0.2) is 0 Å². The third kappa shape index (κ3) is 9.33. The lowest BCUT2D eigenvalue weighted by Crippen LogP contribution is -2.39. The summed E-state index contributed by atoms with van der Waals surface area (Å²) in [6.45, 7) is 5.34. The van der Waals surface area contributed by atoms with Crippen LogP contribution in [0.1, 0.15) is 71.6 Å². The van der Waals surface area contributed by atoms with Gasteiger partial charge in [0.2, 0.25) is 0 Å². The highest BCUT2D eigenvalue weighted by atomic mass is 32.2. The lowest BCUT2D eigenvalue weighted by molar-refractivity contribution is -0.230. The molecule has 1 aliphatic heterocycles. The van der Waals surface area contributed by atoms with Gasteiger partial charge in [-0.05, 0) is 31.9 Å². The van der Waals surface area contributed by atoms with Crippen LogP contribution in [0.25, 0.3) is 0 Å². The van der Waals surface area contributed by atoms with Crippen LogP contribution >= 0.6 is 11.8 Å². The molecule has 0 amide bonds. The molecule has 1 aliphatic rings. The molecule has 3 nitrogen and oxygen atoms in total. The highest BCUT2D eigenvalue weighted by Crippen LogP contribution is 2.32. The van der Waals surface area contributed by atoms with Gasteiger partial charge in [-0.2, -0.15) is 11.8 Å². The second-order valence-corrected chi connectivity index (χ2v) is 8.00. The van der Waals surface area contributed by atoms with E-state index in [4.69, 9.17) is 14.2 Å². The maximum atomic E-state index is 5.70. The van der Waals surface area contributed by atoms with Crippen molar-refractivity contribution < 1.29 is 14.2 Å². The summed E-state index contributed by atoms with van der Waals surface area (Å²) in [6, 6.07) is 0. The van der Waals surface area contributed by atoms with Gasteiger partial charge in [0, 0.05) is 25.9 Å². The van der Waals surface area contributed by atoms with Crippen LogP contribution in [0.15, 0.2) is 0 Å². The average Bonchev–Trinajstić information content (AvgIpc) is 3.39. The largest absolute Gasteiger partial charge is 0.372 e. The Labute approximate surface area is 148 Å². The average molecular weight is 347 g/mol. The molecule has 0 radical (unpaired) electrons. The molecule has 1 saturated heterocycles. The summed E-state index contributed by atoms with van der Waals surface area (Å²) in [5, 5.41) is 0. The number of epoxide rings is 1. The lowest BCUT2D eigenvalue weighted by atomic mass is 9.89. The molecule has 1 fully saturated rings. The van der Waals surface area contributed by atoms with Gasteiger partial charge in [0.05, 0.1) is 12.7 Å². The Balaban J connectivity index is 2.23. The molecule has 0 spiro atoms. The van der Waals surface area contributed by atoms with Gasteiger partial charge in [0.1, 0.15) is 0 Å². The van der Waals surface area contributed by atoms with Gasteiger partial charge in [0.25, 0.3) is 0 Å². The second-order valence-electron chi connectivity index (χ2n) is 6.85. The lowest BCUT2D eigenvalue weighted by Gasteiger charge is -2.35. The molecule has 1 heterocycles. The van der Waals surface area contributed by atoms with E-state index in [-0.39, 0.29) is 0 Å². The van der Waals surface area contributed by atoms with Crippen LogP contribution in [0.3, 0.4) is 0 Å². The molecule has 0 aromatic rings. The molecule has 1 rings (SSSR count). The molecule has 23 heavy (non-hydrogen) atoms. The van der Waals surface area contributed by atoms with E-state index in [1.807, 2.05) is 11.8 Å². The fourth-order valence-corrected chi connectivity index (χ4v) is 4.06. The first-order valence-electron chi connectivity index (χ1n) is 9.46. The quantitative estimate of drug-likeness (QED) is 0.216. The number of rotatable bonds is 16. The zero-order valence-electron chi connectivity index (χ0n) is 15.8. The fourth-order valence-electron chi connectivity index (χ4n) is 3.07. The van der Waals surface area contributed by atoms with Gasteiger partial charge in [-0.3, -0.25) is 0 Å². The van der Waals surface area contributed by atoms with E-state index in [9.17, 15) is 0 Å². The summed E-state index contributed by atoms with van der Waals surface area (Å²) in [6.07, 6.45) is 12.3. The molecular weight excluding hydrogens is 308 g/mol. The standard InChI is InChI=1S/C19H38O3S/c1-5-6-7-8-9-10-12-17(19(2,20-3)21-4)13-11-14-23-16-18-15-22-18/h17-18H,5-16H2,1-4H3. The van der Waals surface area contributed by atoms with E-state index in [0.29, 0.717) is 12.0 Å². The topological polar surface area (TPSA) is 31.0 Å². The van der Waals surface area contributed by atoms with E-state index in [0.717, 1.165) is 12.4 Å². The van der Waals surface area contributed by atoms with E-state index in [1.54, 1.807) is 14.2 Å². The van der Waals surface area contributed by atoms with Gasteiger partial charge in [0.15, 0.2) is 5.79 Å². The third-order valence-corrected chi connectivity index (χ3v) is 6.19. The maximum Gasteiger partial charge on any atom is 0.167 e. The van der Waals surface area contributed by atoms with Crippen molar-refractivity contribution in [2.24, 2.45) is 5.92 Å². The third-order valence-electron chi connectivity index (χ3n) is 5.01. The van der Waals surface area contributed by atoms with Crippen molar-refractivity contribution in [3.63, 3.8) is 0 Å². The minimum absolute atomic E-state index is 0.437.